The third-order valence-corrected chi connectivity index (χ3v) is 3.48. The van der Waals surface area contributed by atoms with Gasteiger partial charge in [-0.1, -0.05) is 6.07 Å². The van der Waals surface area contributed by atoms with Gasteiger partial charge in [0.05, 0.1) is 0 Å². The summed E-state index contributed by atoms with van der Waals surface area (Å²) in [5.74, 6) is 1.58. The number of pyridine rings is 1. The maximum Gasteiger partial charge on any atom is 0.0438 e. The highest BCUT2D eigenvalue weighted by Gasteiger charge is 2.39. The highest BCUT2D eigenvalue weighted by Crippen LogP contribution is 2.46. The summed E-state index contributed by atoms with van der Waals surface area (Å²) in [6.45, 7) is 3.29. The fourth-order valence-electron chi connectivity index (χ4n) is 2.14. The highest BCUT2D eigenvalue weighted by atomic mass is 15.0. The average molecular weight is 202 g/mol. The largest absolute Gasteiger partial charge is 0.314 e. The molecule has 1 N–H and O–H groups in total. The number of hydrogen-bond donors (Lipinski definition) is 1. The number of aryl methyl sites for hydroxylation is 1. The Morgan fingerprint density at radius 2 is 2.27 bits per heavy atom. The molecule has 0 aliphatic heterocycles. The van der Waals surface area contributed by atoms with Crippen LogP contribution in [0.4, 0.5) is 0 Å². The zero-order valence-corrected chi connectivity index (χ0v) is 9.24. The van der Waals surface area contributed by atoms with Crippen LogP contribution >= 0.6 is 0 Å². The molecule has 2 nitrogen and oxygen atoms in total. The van der Waals surface area contributed by atoms with Gasteiger partial charge >= 0.3 is 0 Å². The molecule has 2 aliphatic rings. The molecule has 1 heterocycles. The van der Waals surface area contributed by atoms with Crippen molar-refractivity contribution >= 4 is 0 Å². The summed E-state index contributed by atoms with van der Waals surface area (Å²) in [6, 6.07) is 5.21. The topological polar surface area (TPSA) is 24.9 Å². The van der Waals surface area contributed by atoms with E-state index in [1.54, 1.807) is 0 Å². The molecule has 2 saturated carbocycles. The van der Waals surface area contributed by atoms with Gasteiger partial charge in [-0.3, -0.25) is 4.98 Å². The zero-order valence-electron chi connectivity index (χ0n) is 9.24. The summed E-state index contributed by atoms with van der Waals surface area (Å²) in [6.07, 6.45) is 6.09. The van der Waals surface area contributed by atoms with E-state index in [9.17, 15) is 0 Å². The standard InChI is InChI=1S/C13H18N2/c1-9-2-5-13(15-7-9)12-6-10(12)8-14-11-3-4-11/h2,5,7,10-12,14H,3-4,6,8H2,1H3. The van der Waals surface area contributed by atoms with E-state index in [0.717, 1.165) is 17.9 Å². The van der Waals surface area contributed by atoms with Gasteiger partial charge in [0.15, 0.2) is 0 Å². The molecule has 2 heteroatoms. The summed E-state index contributed by atoms with van der Waals surface area (Å²) < 4.78 is 0. The minimum atomic E-state index is 0.733. The van der Waals surface area contributed by atoms with Gasteiger partial charge in [-0.2, -0.15) is 0 Å². The van der Waals surface area contributed by atoms with Crippen LogP contribution in [0.5, 0.6) is 0 Å². The molecule has 0 spiro atoms. The summed E-state index contributed by atoms with van der Waals surface area (Å²) in [5.41, 5.74) is 2.55. The molecular formula is C13H18N2. The summed E-state index contributed by atoms with van der Waals surface area (Å²) in [4.78, 5) is 4.51. The van der Waals surface area contributed by atoms with Crippen molar-refractivity contribution in [1.82, 2.24) is 10.3 Å². The van der Waals surface area contributed by atoms with E-state index >= 15 is 0 Å². The van der Waals surface area contributed by atoms with Crippen LogP contribution in [-0.4, -0.2) is 17.6 Å². The number of nitrogens with one attached hydrogen (secondary N) is 1. The Kier molecular flexibility index (Phi) is 2.24. The van der Waals surface area contributed by atoms with E-state index in [1.165, 1.54) is 37.1 Å². The molecule has 2 aliphatic carbocycles. The highest BCUT2D eigenvalue weighted by molar-refractivity contribution is 5.21. The molecule has 1 aromatic rings. The van der Waals surface area contributed by atoms with E-state index in [-0.39, 0.29) is 0 Å². The third kappa shape index (κ3) is 2.20. The van der Waals surface area contributed by atoms with Gasteiger partial charge in [-0.15, -0.1) is 0 Å². The van der Waals surface area contributed by atoms with E-state index in [4.69, 9.17) is 0 Å². The van der Waals surface area contributed by atoms with Gasteiger partial charge in [0.25, 0.3) is 0 Å². The Hall–Kier alpha value is -0.890. The fraction of sp³-hybridized carbons (Fsp3) is 0.615. The zero-order chi connectivity index (χ0) is 10.3. The molecule has 80 valence electrons. The lowest BCUT2D eigenvalue weighted by Crippen LogP contribution is -2.19. The first kappa shape index (κ1) is 9.34. The van der Waals surface area contributed by atoms with Gasteiger partial charge in [-0.25, -0.2) is 0 Å². The van der Waals surface area contributed by atoms with Gasteiger partial charge in [0.1, 0.15) is 0 Å². The van der Waals surface area contributed by atoms with Gasteiger partial charge in [0.2, 0.25) is 0 Å². The normalized spacial score (nSPS) is 29.1. The second-order valence-corrected chi connectivity index (χ2v) is 5.05. The average Bonchev–Trinajstić information content (AvgIpc) is 3.12. The van der Waals surface area contributed by atoms with Gasteiger partial charge in [-0.05, 0) is 50.3 Å². The Morgan fingerprint density at radius 3 is 2.93 bits per heavy atom. The lowest BCUT2D eigenvalue weighted by molar-refractivity contribution is 0.621. The lowest BCUT2D eigenvalue weighted by Gasteiger charge is -2.02. The SMILES string of the molecule is Cc1ccc(C2CC2CNC2CC2)nc1. The Labute approximate surface area is 91.1 Å². The van der Waals surface area contributed by atoms with Crippen molar-refractivity contribution in [2.45, 2.75) is 38.1 Å². The number of rotatable bonds is 4. The van der Waals surface area contributed by atoms with E-state index < -0.39 is 0 Å². The minimum Gasteiger partial charge on any atom is -0.314 e. The predicted octanol–water partition coefficient (Wildman–Crippen LogP) is 2.25. The van der Waals surface area contributed by atoms with Crippen molar-refractivity contribution in [3.05, 3.63) is 29.6 Å². The second-order valence-electron chi connectivity index (χ2n) is 5.05. The molecule has 0 amide bonds. The molecule has 0 radical (unpaired) electrons. The van der Waals surface area contributed by atoms with Crippen LogP contribution in [0.2, 0.25) is 0 Å². The van der Waals surface area contributed by atoms with Crippen molar-refractivity contribution in [1.29, 1.82) is 0 Å². The monoisotopic (exact) mass is 202 g/mol. The van der Waals surface area contributed by atoms with Crippen molar-refractivity contribution in [3.63, 3.8) is 0 Å². The molecule has 0 aromatic carbocycles. The molecule has 3 rings (SSSR count). The van der Waals surface area contributed by atoms with Crippen molar-refractivity contribution in [2.24, 2.45) is 5.92 Å². The molecular weight excluding hydrogens is 184 g/mol. The van der Waals surface area contributed by atoms with Crippen LogP contribution in [0.3, 0.4) is 0 Å². The fourth-order valence-corrected chi connectivity index (χ4v) is 2.14. The lowest BCUT2D eigenvalue weighted by atomic mass is 10.2. The molecule has 0 saturated heterocycles. The first-order valence-electron chi connectivity index (χ1n) is 5.99. The van der Waals surface area contributed by atoms with Crippen LogP contribution in [0.1, 0.15) is 36.4 Å². The van der Waals surface area contributed by atoms with Crippen LogP contribution in [-0.2, 0) is 0 Å². The Balaban J connectivity index is 1.54. The summed E-state index contributed by atoms with van der Waals surface area (Å²) >= 11 is 0. The molecule has 0 bridgehead atoms. The second kappa shape index (κ2) is 3.60. The predicted molar refractivity (Wildman–Crippen MR) is 60.8 cm³/mol. The van der Waals surface area contributed by atoms with Crippen LogP contribution in [0.25, 0.3) is 0 Å². The van der Waals surface area contributed by atoms with Gasteiger partial charge < -0.3 is 5.32 Å². The van der Waals surface area contributed by atoms with Crippen LogP contribution in [0, 0.1) is 12.8 Å². The smallest absolute Gasteiger partial charge is 0.0438 e. The molecule has 2 fully saturated rings. The minimum absolute atomic E-state index is 0.733. The molecule has 2 unspecified atom stereocenters. The van der Waals surface area contributed by atoms with Gasteiger partial charge in [0, 0.05) is 23.9 Å². The Bertz CT molecular complexity index is 340. The quantitative estimate of drug-likeness (QED) is 0.810. The van der Waals surface area contributed by atoms with Crippen LogP contribution in [0.15, 0.2) is 18.3 Å². The van der Waals surface area contributed by atoms with Crippen molar-refractivity contribution in [3.8, 4) is 0 Å². The number of hydrogen-bond acceptors (Lipinski definition) is 2. The molecule has 2 atom stereocenters. The maximum absolute atomic E-state index is 4.51. The summed E-state index contributed by atoms with van der Waals surface area (Å²) in [7, 11) is 0. The van der Waals surface area contributed by atoms with Crippen LogP contribution < -0.4 is 5.32 Å². The van der Waals surface area contributed by atoms with E-state index in [1.807, 2.05) is 6.20 Å². The number of aromatic nitrogens is 1. The first-order chi connectivity index (χ1) is 7.33. The summed E-state index contributed by atoms with van der Waals surface area (Å²) in [5, 5.41) is 3.60. The van der Waals surface area contributed by atoms with E-state index in [0.29, 0.717) is 0 Å². The maximum atomic E-state index is 4.51. The Morgan fingerprint density at radius 1 is 1.40 bits per heavy atom. The number of nitrogens with zero attached hydrogens (tertiary/aromatic N) is 1. The van der Waals surface area contributed by atoms with E-state index in [2.05, 4.69) is 29.4 Å². The molecule has 15 heavy (non-hydrogen) atoms. The van der Waals surface area contributed by atoms with Crippen molar-refractivity contribution < 1.29 is 0 Å². The van der Waals surface area contributed by atoms with Crippen molar-refractivity contribution in [2.75, 3.05) is 6.54 Å². The first-order valence-corrected chi connectivity index (χ1v) is 5.99. The third-order valence-electron chi connectivity index (χ3n) is 3.48. The molecule has 1 aromatic heterocycles.